The molecule has 3 heteroatoms. The summed E-state index contributed by atoms with van der Waals surface area (Å²) >= 11 is 4.97. The van der Waals surface area contributed by atoms with Gasteiger partial charge in [-0.2, -0.15) is 0 Å². The summed E-state index contributed by atoms with van der Waals surface area (Å²) in [6.45, 7) is 11.2. The lowest BCUT2D eigenvalue weighted by atomic mass is 9.72. The summed E-state index contributed by atoms with van der Waals surface area (Å²) in [6.07, 6.45) is 17.3. The van der Waals surface area contributed by atoms with E-state index >= 15 is 0 Å². The Balaban J connectivity index is 1.99. The van der Waals surface area contributed by atoms with Crippen molar-refractivity contribution in [3.63, 3.8) is 0 Å². The van der Waals surface area contributed by atoms with E-state index in [0.29, 0.717) is 16.9 Å². The van der Waals surface area contributed by atoms with Gasteiger partial charge in [0.05, 0.1) is 12.1 Å². The molecule has 2 rings (SSSR count). The Labute approximate surface area is 157 Å². The molecule has 1 aliphatic heterocycles. The minimum Gasteiger partial charge on any atom is -0.349 e. The van der Waals surface area contributed by atoms with Gasteiger partial charge >= 0.3 is 0 Å². The number of hydrogen-bond donors (Lipinski definition) is 0. The van der Waals surface area contributed by atoms with Crippen molar-refractivity contribution < 1.29 is 4.84 Å². The van der Waals surface area contributed by atoms with E-state index in [1.54, 1.807) is 0 Å². The van der Waals surface area contributed by atoms with Crippen LogP contribution in [0.15, 0.2) is 63.9 Å². The molecule has 0 atom stereocenters. The maximum Gasteiger partial charge on any atom is 0.204 e. The summed E-state index contributed by atoms with van der Waals surface area (Å²) in [5, 5.41) is 4.48. The Morgan fingerprint density at radius 2 is 1.96 bits per heavy atom. The second-order valence-corrected chi connectivity index (χ2v) is 8.10. The summed E-state index contributed by atoms with van der Waals surface area (Å²) < 4.78 is 0. The summed E-state index contributed by atoms with van der Waals surface area (Å²) in [4.78, 5) is 4.95. The van der Waals surface area contributed by atoms with Crippen molar-refractivity contribution in [1.82, 2.24) is 0 Å². The van der Waals surface area contributed by atoms with Crippen molar-refractivity contribution in [1.29, 1.82) is 0 Å². The second kappa shape index (κ2) is 8.57. The minimum atomic E-state index is 0.291. The average molecular weight is 356 g/mol. The molecule has 0 bridgehead atoms. The largest absolute Gasteiger partial charge is 0.349 e. The highest BCUT2D eigenvalue weighted by molar-refractivity contribution is 7.80. The molecular formula is C22H29NOS. The van der Waals surface area contributed by atoms with Crippen molar-refractivity contribution in [2.45, 2.75) is 60.3 Å². The van der Waals surface area contributed by atoms with Crippen LogP contribution >= 0.6 is 12.2 Å². The average Bonchev–Trinajstić information content (AvgIpc) is 2.91. The lowest BCUT2D eigenvalue weighted by molar-refractivity contribution is 0.348. The van der Waals surface area contributed by atoms with Crippen molar-refractivity contribution >= 4 is 23.0 Å². The highest BCUT2D eigenvalue weighted by Crippen LogP contribution is 2.40. The van der Waals surface area contributed by atoms with Crippen LogP contribution in [-0.4, -0.2) is 10.8 Å². The topological polar surface area (TPSA) is 21.6 Å². The van der Waals surface area contributed by atoms with E-state index in [1.165, 1.54) is 36.0 Å². The predicted molar refractivity (Wildman–Crippen MR) is 112 cm³/mol. The van der Waals surface area contributed by atoms with Crippen molar-refractivity contribution in [2.75, 3.05) is 0 Å². The molecule has 0 fully saturated rings. The third-order valence-electron chi connectivity index (χ3n) is 4.76. The SMILES string of the molecule is CC1=C(/C=C/C(C)=C/C=C/C(C)=C/C2=NOC(=S)C2)C(C)(C)CCC1. The number of rotatable bonds is 5. The fourth-order valence-corrected chi connectivity index (χ4v) is 3.53. The zero-order valence-corrected chi connectivity index (χ0v) is 16.9. The molecule has 2 aliphatic rings. The van der Waals surface area contributed by atoms with Crippen molar-refractivity contribution in [2.24, 2.45) is 10.6 Å². The Bertz CT molecular complexity index is 714. The maximum absolute atomic E-state index is 4.97. The molecule has 0 aromatic carbocycles. The molecule has 25 heavy (non-hydrogen) atoms. The first-order valence-corrected chi connectivity index (χ1v) is 9.37. The van der Waals surface area contributed by atoms with Gasteiger partial charge in [-0.3, -0.25) is 0 Å². The van der Waals surface area contributed by atoms with Gasteiger partial charge in [0.25, 0.3) is 0 Å². The van der Waals surface area contributed by atoms with Gasteiger partial charge in [-0.25, -0.2) is 0 Å². The monoisotopic (exact) mass is 355 g/mol. The Morgan fingerprint density at radius 1 is 1.20 bits per heavy atom. The molecule has 0 spiro atoms. The Morgan fingerprint density at radius 3 is 2.60 bits per heavy atom. The zero-order valence-electron chi connectivity index (χ0n) is 16.1. The van der Waals surface area contributed by atoms with Crippen LogP contribution in [0.3, 0.4) is 0 Å². The summed E-state index contributed by atoms with van der Waals surface area (Å²) in [5.74, 6) is 0. The lowest BCUT2D eigenvalue weighted by Crippen LogP contribution is -2.19. The third-order valence-corrected chi connectivity index (χ3v) is 4.98. The first-order valence-electron chi connectivity index (χ1n) is 8.96. The van der Waals surface area contributed by atoms with E-state index in [0.717, 1.165) is 11.3 Å². The molecule has 1 heterocycles. The van der Waals surface area contributed by atoms with E-state index in [-0.39, 0.29) is 0 Å². The van der Waals surface area contributed by atoms with E-state index in [9.17, 15) is 0 Å². The highest BCUT2D eigenvalue weighted by Gasteiger charge is 2.26. The number of nitrogens with zero attached hydrogens (tertiary/aromatic N) is 1. The van der Waals surface area contributed by atoms with Crippen LogP contribution in [0.5, 0.6) is 0 Å². The minimum absolute atomic E-state index is 0.291. The van der Waals surface area contributed by atoms with Gasteiger partial charge in [-0.1, -0.05) is 60.5 Å². The van der Waals surface area contributed by atoms with Crippen LogP contribution < -0.4 is 0 Å². The molecule has 0 aromatic rings. The van der Waals surface area contributed by atoms with Gasteiger partial charge in [0.15, 0.2) is 0 Å². The van der Waals surface area contributed by atoms with Crippen LogP contribution in [0.1, 0.15) is 60.3 Å². The predicted octanol–water partition coefficient (Wildman–Crippen LogP) is 6.62. The van der Waals surface area contributed by atoms with Crippen LogP contribution in [0.4, 0.5) is 0 Å². The van der Waals surface area contributed by atoms with Crippen LogP contribution in [0.25, 0.3) is 0 Å². The highest BCUT2D eigenvalue weighted by atomic mass is 32.1. The molecule has 0 unspecified atom stereocenters. The molecule has 134 valence electrons. The van der Waals surface area contributed by atoms with Gasteiger partial charge in [0, 0.05) is 0 Å². The fraction of sp³-hybridized carbons (Fsp3) is 0.455. The number of hydrogen-bond acceptors (Lipinski definition) is 3. The Kier molecular flexibility index (Phi) is 6.71. The molecule has 0 aromatic heterocycles. The summed E-state index contributed by atoms with van der Waals surface area (Å²) in [7, 11) is 0. The molecule has 1 aliphatic carbocycles. The Hall–Kier alpha value is -1.74. The fourth-order valence-electron chi connectivity index (χ4n) is 3.34. The molecule has 0 amide bonds. The van der Waals surface area contributed by atoms with E-state index in [4.69, 9.17) is 17.1 Å². The van der Waals surface area contributed by atoms with Gasteiger partial charge in [-0.05, 0) is 74.9 Å². The van der Waals surface area contributed by atoms with Crippen molar-refractivity contribution in [3.05, 3.63) is 58.7 Å². The van der Waals surface area contributed by atoms with Crippen LogP contribution in [-0.2, 0) is 4.84 Å². The second-order valence-electron chi connectivity index (χ2n) is 7.65. The first-order chi connectivity index (χ1) is 11.8. The van der Waals surface area contributed by atoms with Gasteiger partial charge in [-0.15, -0.1) is 0 Å². The van der Waals surface area contributed by atoms with Gasteiger partial charge in [0.1, 0.15) is 0 Å². The van der Waals surface area contributed by atoms with E-state index in [2.05, 4.69) is 70.2 Å². The lowest BCUT2D eigenvalue weighted by Gasteiger charge is -2.32. The van der Waals surface area contributed by atoms with Crippen LogP contribution in [0.2, 0.25) is 0 Å². The normalized spacial score (nSPS) is 22.1. The smallest absolute Gasteiger partial charge is 0.204 e. The van der Waals surface area contributed by atoms with Gasteiger partial charge in [0.2, 0.25) is 5.05 Å². The quantitative estimate of drug-likeness (QED) is 0.408. The molecule has 0 radical (unpaired) electrons. The number of oxime groups is 1. The maximum atomic E-state index is 4.97. The van der Waals surface area contributed by atoms with Crippen molar-refractivity contribution in [3.8, 4) is 0 Å². The van der Waals surface area contributed by atoms with E-state index < -0.39 is 0 Å². The summed E-state index contributed by atoms with van der Waals surface area (Å²) in [6, 6.07) is 0. The summed E-state index contributed by atoms with van der Waals surface area (Å²) in [5.41, 5.74) is 6.59. The third kappa shape index (κ3) is 5.93. The van der Waals surface area contributed by atoms with Crippen LogP contribution in [0, 0.1) is 5.41 Å². The van der Waals surface area contributed by atoms with Gasteiger partial charge < -0.3 is 4.84 Å². The molecule has 0 saturated carbocycles. The molecule has 2 nitrogen and oxygen atoms in total. The first kappa shape index (κ1) is 19.6. The van der Waals surface area contributed by atoms with E-state index in [1.807, 2.05) is 6.08 Å². The zero-order chi connectivity index (χ0) is 18.4. The standard InChI is InChI=1S/C22H29NOS/c1-16(11-12-20-18(3)10-7-13-22(20,4)5)8-6-9-17(2)14-19-15-21(25)24-23-19/h6,8-9,11-12,14H,7,10,13,15H2,1-5H3/b9-6+,12-11+,16-8+,17-14+. The number of thiocarbonyl (C=S) groups is 1. The number of allylic oxidation sites excluding steroid dienone is 10. The molecular weight excluding hydrogens is 326 g/mol. The molecule has 0 saturated heterocycles. The molecule has 0 N–H and O–H groups in total.